The topological polar surface area (TPSA) is 77.4 Å². The van der Waals surface area contributed by atoms with Gasteiger partial charge in [-0.25, -0.2) is 13.1 Å². The summed E-state index contributed by atoms with van der Waals surface area (Å²) >= 11 is 1.04. The summed E-state index contributed by atoms with van der Waals surface area (Å²) in [7, 11) is -2.25. The molecule has 0 fully saturated rings. The highest BCUT2D eigenvalue weighted by Gasteiger charge is 2.21. The number of methoxy groups -OCH3 is 1. The highest BCUT2D eigenvalue weighted by molar-refractivity contribution is 7.89. The first kappa shape index (κ1) is 21.3. The van der Waals surface area contributed by atoms with Gasteiger partial charge >= 0.3 is 4.87 Å². The largest absolute Gasteiger partial charge is 0.496 e. The van der Waals surface area contributed by atoms with E-state index in [-0.39, 0.29) is 9.77 Å². The van der Waals surface area contributed by atoms with Crippen molar-refractivity contribution in [1.82, 2.24) is 9.29 Å². The molecular formula is C23H22N2O4S2. The lowest BCUT2D eigenvalue weighted by atomic mass is 10.1. The van der Waals surface area contributed by atoms with E-state index in [1.807, 2.05) is 48.5 Å². The highest BCUT2D eigenvalue weighted by atomic mass is 32.2. The van der Waals surface area contributed by atoms with Crippen molar-refractivity contribution in [3.63, 3.8) is 0 Å². The Morgan fingerprint density at radius 2 is 1.74 bits per heavy atom. The minimum atomic E-state index is -3.80. The van der Waals surface area contributed by atoms with E-state index >= 15 is 0 Å². The van der Waals surface area contributed by atoms with E-state index in [1.54, 1.807) is 36.8 Å². The van der Waals surface area contributed by atoms with Crippen molar-refractivity contribution in [3.05, 3.63) is 93.6 Å². The number of fused-ring (bicyclic) bond motifs is 1. The van der Waals surface area contributed by atoms with Gasteiger partial charge in [0.2, 0.25) is 10.0 Å². The van der Waals surface area contributed by atoms with Crippen molar-refractivity contribution >= 4 is 31.6 Å². The Kier molecular flexibility index (Phi) is 5.95. The number of benzene rings is 3. The Bertz CT molecular complexity index is 1380. The molecule has 1 aromatic heterocycles. The molecule has 4 rings (SSSR count). The standard InChI is InChI=1S/C23H22N2O4S2/c1-16(19-10-6-7-11-21(19)29-2)24-31(27,28)18-12-13-20-22(14-18)30-23(26)25(20)15-17-8-4-3-5-9-17/h3-14,16,24H,15H2,1-2H3. The quantitative estimate of drug-likeness (QED) is 0.455. The van der Waals surface area contributed by atoms with E-state index in [0.717, 1.165) is 28.0 Å². The predicted molar refractivity (Wildman–Crippen MR) is 123 cm³/mol. The molecule has 1 N–H and O–H groups in total. The summed E-state index contributed by atoms with van der Waals surface area (Å²) < 4.78 is 36.4. The third kappa shape index (κ3) is 4.41. The number of hydrogen-bond donors (Lipinski definition) is 1. The molecule has 160 valence electrons. The molecule has 4 aromatic rings. The van der Waals surface area contributed by atoms with Crippen LogP contribution in [0.25, 0.3) is 10.2 Å². The van der Waals surface area contributed by atoms with Gasteiger partial charge < -0.3 is 4.74 Å². The van der Waals surface area contributed by atoms with Gasteiger partial charge in [-0.3, -0.25) is 9.36 Å². The lowest BCUT2D eigenvalue weighted by Gasteiger charge is -2.17. The first-order chi connectivity index (χ1) is 14.9. The average molecular weight is 455 g/mol. The van der Waals surface area contributed by atoms with Gasteiger partial charge in [-0.05, 0) is 36.8 Å². The van der Waals surface area contributed by atoms with Crippen LogP contribution in [0.3, 0.4) is 0 Å². The lowest BCUT2D eigenvalue weighted by Crippen LogP contribution is -2.27. The molecule has 0 bridgehead atoms. The van der Waals surface area contributed by atoms with Crippen molar-refractivity contribution in [1.29, 1.82) is 0 Å². The van der Waals surface area contributed by atoms with Crippen LogP contribution in [0.4, 0.5) is 0 Å². The molecule has 31 heavy (non-hydrogen) atoms. The fourth-order valence-electron chi connectivity index (χ4n) is 3.52. The Morgan fingerprint density at radius 1 is 1.03 bits per heavy atom. The summed E-state index contributed by atoms with van der Waals surface area (Å²) in [6.45, 7) is 2.21. The molecule has 0 saturated carbocycles. The van der Waals surface area contributed by atoms with Crippen LogP contribution in [0, 0.1) is 0 Å². The number of hydrogen-bond acceptors (Lipinski definition) is 5. The summed E-state index contributed by atoms with van der Waals surface area (Å²) in [5.74, 6) is 0.615. The van der Waals surface area contributed by atoms with Gasteiger partial charge in [-0.2, -0.15) is 0 Å². The molecule has 0 aliphatic rings. The van der Waals surface area contributed by atoms with Crippen LogP contribution in [-0.2, 0) is 16.6 Å². The minimum absolute atomic E-state index is 0.120. The molecule has 0 aliphatic heterocycles. The molecule has 0 amide bonds. The summed E-state index contributed by atoms with van der Waals surface area (Å²) in [6.07, 6.45) is 0. The van der Waals surface area contributed by atoms with Crippen molar-refractivity contribution in [2.45, 2.75) is 24.4 Å². The van der Waals surface area contributed by atoms with Crippen molar-refractivity contribution in [3.8, 4) is 5.75 Å². The second-order valence-electron chi connectivity index (χ2n) is 7.15. The molecule has 0 spiro atoms. The SMILES string of the molecule is COc1ccccc1C(C)NS(=O)(=O)c1ccc2c(c1)sc(=O)n2Cc1ccccc1. The average Bonchev–Trinajstić information content (AvgIpc) is 3.08. The van der Waals surface area contributed by atoms with Gasteiger partial charge in [-0.15, -0.1) is 0 Å². The molecule has 1 atom stereocenters. The zero-order valence-electron chi connectivity index (χ0n) is 17.1. The predicted octanol–water partition coefficient (Wildman–Crippen LogP) is 4.16. The molecule has 8 heteroatoms. The fraction of sp³-hybridized carbons (Fsp3) is 0.174. The van der Waals surface area contributed by atoms with Crippen LogP contribution >= 0.6 is 11.3 Å². The third-order valence-corrected chi connectivity index (χ3v) is 7.55. The van der Waals surface area contributed by atoms with Gasteiger partial charge in [0.25, 0.3) is 0 Å². The molecule has 6 nitrogen and oxygen atoms in total. The van der Waals surface area contributed by atoms with Crippen LogP contribution in [0.2, 0.25) is 0 Å². The number of aromatic nitrogens is 1. The Hall–Kier alpha value is -2.94. The Morgan fingerprint density at radius 3 is 2.48 bits per heavy atom. The summed E-state index contributed by atoms with van der Waals surface area (Å²) in [4.78, 5) is 12.5. The zero-order chi connectivity index (χ0) is 22.0. The summed E-state index contributed by atoms with van der Waals surface area (Å²) in [5.41, 5.74) is 2.47. The van der Waals surface area contributed by atoms with Crippen molar-refractivity contribution in [2.75, 3.05) is 7.11 Å². The number of nitrogens with one attached hydrogen (secondary N) is 1. The van der Waals surface area contributed by atoms with E-state index in [9.17, 15) is 13.2 Å². The first-order valence-electron chi connectivity index (χ1n) is 9.71. The number of ether oxygens (including phenoxy) is 1. The maximum Gasteiger partial charge on any atom is 0.308 e. The molecule has 1 unspecified atom stereocenters. The van der Waals surface area contributed by atoms with E-state index in [1.165, 1.54) is 6.07 Å². The van der Waals surface area contributed by atoms with Gasteiger partial charge in [-0.1, -0.05) is 59.9 Å². The van der Waals surface area contributed by atoms with Gasteiger partial charge in [0.15, 0.2) is 0 Å². The van der Waals surface area contributed by atoms with Gasteiger partial charge in [0, 0.05) is 11.6 Å². The maximum absolute atomic E-state index is 13.0. The van der Waals surface area contributed by atoms with Gasteiger partial charge in [0.1, 0.15) is 5.75 Å². The molecule has 0 aliphatic carbocycles. The summed E-state index contributed by atoms with van der Waals surface area (Å²) in [6, 6.07) is 21.3. The number of rotatable bonds is 7. The van der Waals surface area contributed by atoms with Crippen molar-refractivity contribution in [2.24, 2.45) is 0 Å². The monoisotopic (exact) mass is 454 g/mol. The number of thiazole rings is 1. The molecule has 0 saturated heterocycles. The Balaban J connectivity index is 1.64. The normalized spacial score (nSPS) is 12.7. The van der Waals surface area contributed by atoms with E-state index < -0.39 is 16.1 Å². The smallest absolute Gasteiger partial charge is 0.308 e. The van der Waals surface area contributed by atoms with Crippen LogP contribution < -0.4 is 14.3 Å². The zero-order valence-corrected chi connectivity index (χ0v) is 18.7. The summed E-state index contributed by atoms with van der Waals surface area (Å²) in [5, 5.41) is 0. The van der Waals surface area contributed by atoms with Crippen molar-refractivity contribution < 1.29 is 13.2 Å². The van der Waals surface area contributed by atoms with Gasteiger partial charge in [0.05, 0.1) is 28.8 Å². The fourth-order valence-corrected chi connectivity index (χ4v) is 5.77. The third-order valence-electron chi connectivity index (χ3n) is 5.07. The highest BCUT2D eigenvalue weighted by Crippen LogP contribution is 2.27. The van der Waals surface area contributed by atoms with E-state index in [4.69, 9.17) is 4.74 Å². The second kappa shape index (κ2) is 8.66. The number of para-hydroxylation sites is 1. The maximum atomic E-state index is 13.0. The number of sulfonamides is 1. The van der Waals surface area contributed by atoms with E-state index in [0.29, 0.717) is 17.0 Å². The molecule has 3 aromatic carbocycles. The molecule has 1 heterocycles. The van der Waals surface area contributed by atoms with Crippen LogP contribution in [-0.4, -0.2) is 20.1 Å². The van der Waals surface area contributed by atoms with Crippen LogP contribution in [0.15, 0.2) is 82.5 Å². The first-order valence-corrected chi connectivity index (χ1v) is 12.0. The minimum Gasteiger partial charge on any atom is -0.496 e. The molecule has 0 radical (unpaired) electrons. The van der Waals surface area contributed by atoms with Crippen LogP contribution in [0.5, 0.6) is 5.75 Å². The number of nitrogens with zero attached hydrogens (tertiary/aromatic N) is 1. The van der Waals surface area contributed by atoms with E-state index in [2.05, 4.69) is 4.72 Å². The second-order valence-corrected chi connectivity index (χ2v) is 9.86. The Labute approximate surface area is 184 Å². The molecular weight excluding hydrogens is 432 g/mol. The van der Waals surface area contributed by atoms with Crippen LogP contribution in [0.1, 0.15) is 24.1 Å². The lowest BCUT2D eigenvalue weighted by molar-refractivity contribution is 0.405.